The average Bonchev–Trinajstić information content (AvgIpc) is 2.95. The number of rotatable bonds is 12. The van der Waals surface area contributed by atoms with Gasteiger partial charge in [0, 0.05) is 24.5 Å². The minimum atomic E-state index is -3.92. The lowest BCUT2D eigenvalue weighted by Crippen LogP contribution is -2.27. The third kappa shape index (κ3) is 19.1. The Hall–Kier alpha value is -4.27. The molecule has 3 aromatic carbocycles. The highest BCUT2D eigenvalue weighted by atomic mass is 32.2. The van der Waals surface area contributed by atoms with Gasteiger partial charge in [0.2, 0.25) is 0 Å². The lowest BCUT2D eigenvalue weighted by Gasteiger charge is -2.19. The topological polar surface area (TPSA) is 164 Å². The number of ether oxygens (including phenoxy) is 6. The van der Waals surface area contributed by atoms with E-state index in [0.717, 1.165) is 14.7 Å². The highest BCUT2D eigenvalue weighted by Gasteiger charge is 2.31. The van der Waals surface area contributed by atoms with Crippen LogP contribution in [0.5, 0.6) is 17.2 Å². The van der Waals surface area contributed by atoms with Crippen LogP contribution in [-0.2, 0) is 49.6 Å². The Morgan fingerprint density at radius 2 is 0.784 bits per heavy atom. The van der Waals surface area contributed by atoms with Gasteiger partial charge in [-0.3, -0.25) is 0 Å². The van der Waals surface area contributed by atoms with Crippen molar-refractivity contribution in [3.05, 3.63) is 72.8 Å². The van der Waals surface area contributed by atoms with Crippen LogP contribution in [0.1, 0.15) is 62.3 Å². The third-order valence-corrected chi connectivity index (χ3v) is 7.63. The normalized spacial score (nSPS) is 11.8. The number of benzene rings is 3. The van der Waals surface area contributed by atoms with Gasteiger partial charge in [-0.25, -0.2) is 22.8 Å². The maximum Gasteiger partial charge on any atom is 0.344 e. The fraction of sp³-hybridized carbons (Fsp3) is 0.432. The van der Waals surface area contributed by atoms with Crippen molar-refractivity contribution < 1.29 is 55.8 Å². The van der Waals surface area contributed by atoms with Crippen molar-refractivity contribution in [2.45, 2.75) is 93.8 Å². The summed E-state index contributed by atoms with van der Waals surface area (Å²) in [5, 5.41) is 0. The molecule has 0 aliphatic carbocycles. The van der Waals surface area contributed by atoms with Crippen LogP contribution < -0.4 is 14.2 Å². The van der Waals surface area contributed by atoms with Gasteiger partial charge in [0.25, 0.3) is 0 Å². The molecule has 3 rings (SSSR count). The Bertz CT molecular complexity index is 1550. The predicted molar refractivity (Wildman–Crippen MR) is 191 cm³/mol. The molecule has 0 radical (unpaired) electrons. The monoisotopic (exact) mass is 748 g/mol. The summed E-state index contributed by atoms with van der Waals surface area (Å²) in [5.41, 5.74) is -1.87. The van der Waals surface area contributed by atoms with E-state index in [0.29, 0.717) is 23.5 Å². The molecule has 0 amide bonds. The Balaban J connectivity index is 0.00000168. The quantitative estimate of drug-likeness (QED) is 0.0906. The van der Waals surface area contributed by atoms with Crippen LogP contribution in [0, 0.1) is 0 Å². The van der Waals surface area contributed by atoms with Crippen LogP contribution in [0.4, 0.5) is 0 Å². The summed E-state index contributed by atoms with van der Waals surface area (Å²) in [7, 11) is -4.64. The zero-order valence-electron chi connectivity index (χ0n) is 30.8. The molecule has 0 bridgehead atoms. The van der Waals surface area contributed by atoms with Crippen molar-refractivity contribution >= 4 is 38.9 Å². The molecule has 0 aliphatic heterocycles. The Morgan fingerprint density at radius 1 is 0.549 bits per heavy atom. The molecule has 51 heavy (non-hydrogen) atoms. The average molecular weight is 749 g/mol. The Kier molecular flexibility index (Phi) is 15.4. The molecule has 3 aromatic rings. The molecule has 280 valence electrons. The van der Waals surface area contributed by atoms with E-state index < -0.39 is 55.7 Å². The van der Waals surface area contributed by atoms with Gasteiger partial charge in [0.1, 0.15) is 34.1 Å². The van der Waals surface area contributed by atoms with Crippen LogP contribution >= 0.6 is 0 Å². The van der Waals surface area contributed by atoms with Crippen molar-refractivity contribution in [2.24, 2.45) is 0 Å². The number of hydrogen-bond donors (Lipinski definition) is 0. The standard InChI is InChI=1S/C36H45O9S.CH4O3S/c1-34(2,3)43-31(37)22-40-25-13-10-16-28(19-25)46(29-17-11-14-26(20-29)41-23-32(38)44-35(4,5)6)30-18-12-15-27(21-30)42-24-33(39)45-36(7,8)9;1-5(2,3)4/h10-21H,22-24H2,1-9H3;1H3,(H,2,3,4)/q+1;/p-1. The van der Waals surface area contributed by atoms with Gasteiger partial charge in [-0.2, -0.15) is 0 Å². The van der Waals surface area contributed by atoms with Gasteiger partial charge >= 0.3 is 17.9 Å². The van der Waals surface area contributed by atoms with E-state index in [9.17, 15) is 14.4 Å². The van der Waals surface area contributed by atoms with E-state index in [1.54, 1.807) is 80.5 Å². The Labute approximate surface area is 303 Å². The molecule has 12 nitrogen and oxygen atoms in total. The molecule has 0 saturated heterocycles. The minimum Gasteiger partial charge on any atom is -0.748 e. The zero-order chi connectivity index (χ0) is 38.6. The van der Waals surface area contributed by atoms with Gasteiger partial charge in [-0.15, -0.1) is 0 Å². The molecule has 0 fully saturated rings. The van der Waals surface area contributed by atoms with Crippen LogP contribution in [0.15, 0.2) is 87.5 Å². The number of carbonyl (C=O) groups excluding carboxylic acids is 3. The molecule has 0 saturated carbocycles. The summed E-state index contributed by atoms with van der Waals surface area (Å²) in [6.45, 7) is 15.5. The first-order chi connectivity index (χ1) is 23.4. The summed E-state index contributed by atoms with van der Waals surface area (Å²) >= 11 is 0. The lowest BCUT2D eigenvalue weighted by atomic mass is 10.2. The van der Waals surface area contributed by atoms with Gasteiger partial charge in [0.15, 0.2) is 34.5 Å². The first kappa shape index (κ1) is 42.9. The molecule has 0 spiro atoms. The van der Waals surface area contributed by atoms with Gasteiger partial charge in [-0.1, -0.05) is 18.2 Å². The van der Waals surface area contributed by atoms with E-state index in [1.165, 1.54) is 0 Å². The highest BCUT2D eigenvalue weighted by molar-refractivity contribution is 7.97. The number of esters is 3. The van der Waals surface area contributed by atoms with Crippen molar-refractivity contribution in [3.63, 3.8) is 0 Å². The second-order valence-corrected chi connectivity index (χ2v) is 17.5. The molecule has 0 aromatic heterocycles. The highest BCUT2D eigenvalue weighted by Crippen LogP contribution is 2.36. The van der Waals surface area contributed by atoms with Crippen LogP contribution in [-0.4, -0.2) is 73.8 Å². The lowest BCUT2D eigenvalue weighted by molar-refractivity contribution is -0.158. The van der Waals surface area contributed by atoms with E-state index in [1.807, 2.05) is 54.6 Å². The van der Waals surface area contributed by atoms with E-state index in [4.69, 9.17) is 41.4 Å². The summed E-state index contributed by atoms with van der Waals surface area (Å²) < 4.78 is 60.8. The predicted octanol–water partition coefficient (Wildman–Crippen LogP) is 6.10. The number of carbonyl (C=O) groups is 3. The molecular weight excluding hydrogens is 701 g/mol. The van der Waals surface area contributed by atoms with E-state index in [-0.39, 0.29) is 19.8 Å². The van der Waals surface area contributed by atoms with Crippen molar-refractivity contribution in [1.82, 2.24) is 0 Å². The van der Waals surface area contributed by atoms with E-state index in [2.05, 4.69) is 0 Å². The van der Waals surface area contributed by atoms with Gasteiger partial charge < -0.3 is 33.0 Å². The molecular formula is C37H48O12S2. The summed E-state index contributed by atoms with van der Waals surface area (Å²) in [6.07, 6.45) is 0.604. The summed E-state index contributed by atoms with van der Waals surface area (Å²) in [5.74, 6) is 0.0753. The summed E-state index contributed by atoms with van der Waals surface area (Å²) in [4.78, 5) is 39.6. The molecule has 0 unspecified atom stereocenters. The minimum absolute atomic E-state index is 0.240. The third-order valence-electron chi connectivity index (χ3n) is 5.45. The fourth-order valence-corrected chi connectivity index (χ4v) is 6.18. The van der Waals surface area contributed by atoms with Crippen LogP contribution in [0.3, 0.4) is 0 Å². The molecule has 14 heteroatoms. The fourth-order valence-electron chi connectivity index (χ4n) is 4.02. The number of hydrogen-bond acceptors (Lipinski definition) is 12. The summed E-state index contributed by atoms with van der Waals surface area (Å²) in [6, 6.07) is 22.4. The molecule has 0 heterocycles. The van der Waals surface area contributed by atoms with E-state index >= 15 is 0 Å². The Morgan fingerprint density at radius 3 is 1.00 bits per heavy atom. The van der Waals surface area contributed by atoms with Crippen LogP contribution in [0.25, 0.3) is 0 Å². The molecule has 0 aliphatic rings. The van der Waals surface area contributed by atoms with Crippen molar-refractivity contribution in [2.75, 3.05) is 26.1 Å². The largest absolute Gasteiger partial charge is 0.748 e. The SMILES string of the molecule is CC(C)(C)OC(=O)COc1cccc([S+](c2cccc(OCC(=O)OC(C)(C)C)c2)c2cccc(OCC(=O)OC(C)(C)C)c2)c1.CS(=O)(=O)[O-]. The van der Waals surface area contributed by atoms with Crippen molar-refractivity contribution in [1.29, 1.82) is 0 Å². The smallest absolute Gasteiger partial charge is 0.344 e. The van der Waals surface area contributed by atoms with Gasteiger partial charge in [-0.05, 0) is 98.7 Å². The second-order valence-electron chi connectivity index (χ2n) is 14.1. The maximum absolute atomic E-state index is 12.3. The maximum atomic E-state index is 12.3. The second kappa shape index (κ2) is 18.3. The first-order valence-corrected chi connectivity index (χ1v) is 18.9. The van der Waals surface area contributed by atoms with Gasteiger partial charge in [0.05, 0.1) is 21.0 Å². The first-order valence-electron chi connectivity index (χ1n) is 15.9. The molecule has 0 N–H and O–H groups in total. The zero-order valence-corrected chi connectivity index (χ0v) is 32.4. The van der Waals surface area contributed by atoms with Crippen LogP contribution in [0.2, 0.25) is 0 Å². The van der Waals surface area contributed by atoms with Crippen molar-refractivity contribution in [3.8, 4) is 17.2 Å². The molecule has 0 atom stereocenters.